The van der Waals surface area contributed by atoms with Crippen LogP contribution in [-0.2, 0) is 19.4 Å². The van der Waals surface area contributed by atoms with Gasteiger partial charge in [-0.3, -0.25) is 9.59 Å². The van der Waals surface area contributed by atoms with E-state index in [1.165, 1.54) is 11.3 Å². The molecule has 9 heteroatoms. The minimum Gasteiger partial charge on any atom is -0.497 e. The molecule has 0 radical (unpaired) electrons. The van der Waals surface area contributed by atoms with E-state index >= 15 is 0 Å². The number of carbonyl (C=O) groups excluding carboxylic acids is 2. The van der Waals surface area contributed by atoms with Gasteiger partial charge in [0.15, 0.2) is 10.7 Å². The van der Waals surface area contributed by atoms with Crippen molar-refractivity contribution < 1.29 is 18.8 Å². The van der Waals surface area contributed by atoms with Gasteiger partial charge in [-0.15, -0.1) is 11.3 Å². The number of methoxy groups -OCH3 is 1. The quantitative estimate of drug-likeness (QED) is 0.674. The first-order chi connectivity index (χ1) is 14.5. The van der Waals surface area contributed by atoms with E-state index in [0.29, 0.717) is 48.9 Å². The Morgan fingerprint density at radius 2 is 2.00 bits per heavy atom. The normalized spacial score (nSPS) is 13.5. The molecule has 1 aliphatic heterocycles. The van der Waals surface area contributed by atoms with Crippen molar-refractivity contribution >= 4 is 23.2 Å². The van der Waals surface area contributed by atoms with Gasteiger partial charge in [-0.05, 0) is 24.6 Å². The van der Waals surface area contributed by atoms with Gasteiger partial charge >= 0.3 is 0 Å². The van der Waals surface area contributed by atoms with Crippen LogP contribution in [0.4, 0.5) is 0 Å². The van der Waals surface area contributed by atoms with Crippen molar-refractivity contribution in [3.63, 3.8) is 0 Å². The van der Waals surface area contributed by atoms with Crippen molar-refractivity contribution in [2.24, 2.45) is 0 Å². The average molecular weight is 426 g/mol. The number of ether oxygens (including phenoxy) is 1. The molecule has 0 saturated carbocycles. The van der Waals surface area contributed by atoms with Crippen LogP contribution in [0.2, 0.25) is 0 Å². The third-order valence-electron chi connectivity index (χ3n) is 4.95. The fourth-order valence-electron chi connectivity index (χ4n) is 3.29. The SMILES string of the molecule is COc1ccc(CNC(=O)c2nc3c(s2)CCN(C(=O)c2cc(C)on2)CC3)cc1. The lowest BCUT2D eigenvalue weighted by Gasteiger charge is -2.18. The predicted molar refractivity (Wildman–Crippen MR) is 111 cm³/mol. The Morgan fingerprint density at radius 3 is 2.70 bits per heavy atom. The summed E-state index contributed by atoms with van der Waals surface area (Å²) in [5.74, 6) is 1.06. The Kier molecular flexibility index (Phi) is 5.80. The van der Waals surface area contributed by atoms with Crippen LogP contribution in [0.5, 0.6) is 5.75 Å². The van der Waals surface area contributed by atoms with Crippen LogP contribution in [0.1, 0.15) is 42.2 Å². The molecule has 1 N–H and O–H groups in total. The van der Waals surface area contributed by atoms with Crippen molar-refractivity contribution in [3.8, 4) is 5.75 Å². The van der Waals surface area contributed by atoms with Crippen LogP contribution in [0.25, 0.3) is 0 Å². The molecule has 0 spiro atoms. The zero-order valence-electron chi connectivity index (χ0n) is 16.8. The Hall–Kier alpha value is -3.20. The van der Waals surface area contributed by atoms with Crippen LogP contribution in [-0.4, -0.2) is 47.1 Å². The van der Waals surface area contributed by atoms with Crippen LogP contribution in [0, 0.1) is 6.92 Å². The predicted octanol–water partition coefficient (Wildman–Crippen LogP) is 2.62. The number of thiazole rings is 1. The fraction of sp³-hybridized carbons (Fsp3) is 0.333. The van der Waals surface area contributed by atoms with Crippen LogP contribution >= 0.6 is 11.3 Å². The first-order valence-corrected chi connectivity index (χ1v) is 10.5. The number of hydrogen-bond donors (Lipinski definition) is 1. The molecule has 2 amide bonds. The molecule has 0 unspecified atom stereocenters. The summed E-state index contributed by atoms with van der Waals surface area (Å²) < 4.78 is 10.1. The summed E-state index contributed by atoms with van der Waals surface area (Å²) in [7, 11) is 1.62. The molecule has 0 aliphatic carbocycles. The minimum absolute atomic E-state index is 0.139. The maximum absolute atomic E-state index is 12.6. The van der Waals surface area contributed by atoms with Gasteiger partial charge < -0.3 is 19.5 Å². The number of carbonyl (C=O) groups is 2. The summed E-state index contributed by atoms with van der Waals surface area (Å²) in [5, 5.41) is 7.18. The van der Waals surface area contributed by atoms with Gasteiger partial charge in [0, 0.05) is 43.4 Å². The third-order valence-corrected chi connectivity index (χ3v) is 6.10. The molecule has 3 aromatic rings. The largest absolute Gasteiger partial charge is 0.497 e. The topological polar surface area (TPSA) is 97.6 Å². The van der Waals surface area contributed by atoms with Gasteiger partial charge in [0.1, 0.15) is 11.5 Å². The van der Waals surface area contributed by atoms with Crippen molar-refractivity contribution in [2.75, 3.05) is 20.2 Å². The van der Waals surface area contributed by atoms with Crippen molar-refractivity contribution in [2.45, 2.75) is 26.3 Å². The zero-order valence-corrected chi connectivity index (χ0v) is 17.6. The highest BCUT2D eigenvalue weighted by Crippen LogP contribution is 2.24. The fourth-order valence-corrected chi connectivity index (χ4v) is 4.31. The summed E-state index contributed by atoms with van der Waals surface area (Å²) in [5.41, 5.74) is 2.20. The molecule has 2 aromatic heterocycles. The van der Waals surface area contributed by atoms with E-state index in [-0.39, 0.29) is 11.8 Å². The number of amides is 2. The number of fused-ring (bicyclic) bond motifs is 1. The first-order valence-electron chi connectivity index (χ1n) is 9.66. The number of aryl methyl sites for hydroxylation is 1. The number of hydrogen-bond acceptors (Lipinski definition) is 7. The average Bonchev–Trinajstić information content (AvgIpc) is 3.33. The molecule has 3 heterocycles. The summed E-state index contributed by atoms with van der Waals surface area (Å²) in [4.78, 5) is 32.5. The highest BCUT2D eigenvalue weighted by molar-refractivity contribution is 7.13. The summed E-state index contributed by atoms with van der Waals surface area (Å²) in [6, 6.07) is 9.20. The summed E-state index contributed by atoms with van der Waals surface area (Å²) in [6.45, 7) is 3.28. The number of nitrogens with zero attached hydrogens (tertiary/aromatic N) is 3. The molecule has 0 atom stereocenters. The van der Waals surface area contributed by atoms with Gasteiger partial charge in [0.05, 0.1) is 12.8 Å². The van der Waals surface area contributed by atoms with Gasteiger partial charge in [-0.1, -0.05) is 17.3 Å². The molecular formula is C21H22N4O4S. The van der Waals surface area contributed by atoms with Crippen molar-refractivity contribution in [3.05, 3.63) is 62.9 Å². The molecule has 4 rings (SSSR count). The van der Waals surface area contributed by atoms with Crippen LogP contribution in [0.15, 0.2) is 34.9 Å². The van der Waals surface area contributed by atoms with Gasteiger partial charge in [0.2, 0.25) is 0 Å². The van der Waals surface area contributed by atoms with E-state index in [1.54, 1.807) is 25.0 Å². The lowest BCUT2D eigenvalue weighted by Crippen LogP contribution is -2.33. The molecule has 0 saturated heterocycles. The molecule has 1 aliphatic rings. The molecule has 1 aromatic carbocycles. The second kappa shape index (κ2) is 8.66. The number of nitrogens with one attached hydrogen (secondary N) is 1. The zero-order chi connectivity index (χ0) is 21.1. The van der Waals surface area contributed by atoms with Crippen molar-refractivity contribution in [1.29, 1.82) is 0 Å². The number of rotatable bonds is 5. The number of aromatic nitrogens is 2. The number of benzene rings is 1. The second-order valence-electron chi connectivity index (χ2n) is 7.03. The molecule has 0 fully saturated rings. The Labute approximate surface area is 177 Å². The van der Waals surface area contributed by atoms with E-state index in [4.69, 9.17) is 9.26 Å². The maximum Gasteiger partial charge on any atom is 0.280 e. The monoisotopic (exact) mass is 426 g/mol. The maximum atomic E-state index is 12.6. The molecule has 156 valence electrons. The highest BCUT2D eigenvalue weighted by atomic mass is 32.1. The van der Waals surface area contributed by atoms with Gasteiger partial charge in [0.25, 0.3) is 11.8 Å². The standard InChI is InChI=1S/C21H22N4O4S/c1-13-11-17(24-29-13)21(27)25-9-7-16-18(8-10-25)30-20(23-16)19(26)22-12-14-3-5-15(28-2)6-4-14/h3-6,11H,7-10,12H2,1-2H3,(H,22,26). The Bertz CT molecular complexity index is 1030. The molecule has 8 nitrogen and oxygen atoms in total. The van der Waals surface area contributed by atoms with E-state index in [0.717, 1.165) is 21.9 Å². The third kappa shape index (κ3) is 4.35. The summed E-state index contributed by atoms with van der Waals surface area (Å²) in [6.07, 6.45) is 1.28. The van der Waals surface area contributed by atoms with Gasteiger partial charge in [-0.2, -0.15) is 0 Å². The van der Waals surface area contributed by atoms with Crippen LogP contribution in [0.3, 0.4) is 0 Å². The lowest BCUT2D eigenvalue weighted by atomic mass is 10.2. The highest BCUT2D eigenvalue weighted by Gasteiger charge is 2.25. The Morgan fingerprint density at radius 1 is 1.23 bits per heavy atom. The Balaban J connectivity index is 1.35. The summed E-state index contributed by atoms with van der Waals surface area (Å²) >= 11 is 1.40. The van der Waals surface area contributed by atoms with E-state index in [1.807, 2.05) is 24.3 Å². The van der Waals surface area contributed by atoms with E-state index < -0.39 is 0 Å². The molecule has 0 bridgehead atoms. The van der Waals surface area contributed by atoms with E-state index in [9.17, 15) is 9.59 Å². The molecule has 30 heavy (non-hydrogen) atoms. The van der Waals surface area contributed by atoms with Crippen LogP contribution < -0.4 is 10.1 Å². The van der Waals surface area contributed by atoms with Gasteiger partial charge in [-0.25, -0.2) is 4.98 Å². The van der Waals surface area contributed by atoms with E-state index in [2.05, 4.69) is 15.5 Å². The molecular weight excluding hydrogens is 404 g/mol. The first kappa shape index (κ1) is 20.1. The minimum atomic E-state index is -0.185. The van der Waals surface area contributed by atoms with Crippen molar-refractivity contribution in [1.82, 2.24) is 20.4 Å². The lowest BCUT2D eigenvalue weighted by molar-refractivity contribution is 0.0752. The smallest absolute Gasteiger partial charge is 0.280 e. The second-order valence-corrected chi connectivity index (χ2v) is 8.12.